The van der Waals surface area contributed by atoms with E-state index in [4.69, 9.17) is 4.74 Å². The van der Waals surface area contributed by atoms with Crippen LogP contribution >= 0.6 is 0 Å². The first kappa shape index (κ1) is 9.86. The molecule has 15 heavy (non-hydrogen) atoms. The van der Waals surface area contributed by atoms with Crippen molar-refractivity contribution in [3.05, 3.63) is 11.6 Å². The zero-order valence-electron chi connectivity index (χ0n) is 9.75. The van der Waals surface area contributed by atoms with Crippen LogP contribution in [0.3, 0.4) is 0 Å². The molecule has 0 amide bonds. The van der Waals surface area contributed by atoms with Gasteiger partial charge >= 0.3 is 0 Å². The smallest absolute Gasteiger partial charge is 0.0912 e. The Bertz CT molecular complexity index is 289. The van der Waals surface area contributed by atoms with E-state index in [9.17, 15) is 0 Å². The quantitative estimate of drug-likeness (QED) is 0.664. The summed E-state index contributed by atoms with van der Waals surface area (Å²) in [7, 11) is 0. The summed E-state index contributed by atoms with van der Waals surface area (Å²) in [5.74, 6) is 1.73. The predicted molar refractivity (Wildman–Crippen MR) is 60.7 cm³/mol. The fraction of sp³-hybridized carbons (Fsp3) is 0.846. The molecule has 0 aromatic carbocycles. The van der Waals surface area contributed by atoms with Crippen molar-refractivity contribution in [1.29, 1.82) is 0 Å². The lowest BCUT2D eigenvalue weighted by Crippen LogP contribution is -2.52. The summed E-state index contributed by atoms with van der Waals surface area (Å²) in [6.07, 6.45) is 5.50. The van der Waals surface area contributed by atoms with Gasteiger partial charge in [0, 0.05) is 13.1 Å². The Morgan fingerprint density at radius 1 is 1.47 bits per heavy atom. The molecule has 2 bridgehead atoms. The average molecular weight is 207 g/mol. The summed E-state index contributed by atoms with van der Waals surface area (Å²) in [4.78, 5) is 0. The van der Waals surface area contributed by atoms with Crippen LogP contribution in [0.5, 0.6) is 0 Å². The second-order valence-corrected chi connectivity index (χ2v) is 5.81. The van der Waals surface area contributed by atoms with Crippen molar-refractivity contribution >= 4 is 0 Å². The van der Waals surface area contributed by atoms with Gasteiger partial charge in [-0.15, -0.1) is 0 Å². The van der Waals surface area contributed by atoms with Gasteiger partial charge in [0.05, 0.1) is 12.7 Å². The lowest BCUT2D eigenvalue weighted by Gasteiger charge is -2.57. The second-order valence-electron chi connectivity index (χ2n) is 5.81. The first-order valence-electron chi connectivity index (χ1n) is 6.22. The Labute approximate surface area is 92.1 Å². The monoisotopic (exact) mass is 207 g/mol. The van der Waals surface area contributed by atoms with Gasteiger partial charge in [-0.2, -0.15) is 0 Å². The minimum atomic E-state index is 0.365. The molecule has 4 aliphatic rings. The molecule has 0 aromatic heterocycles. The molecule has 4 rings (SSSR count). The second kappa shape index (κ2) is 3.33. The summed E-state index contributed by atoms with van der Waals surface area (Å²) in [5.41, 5.74) is 2.12. The number of hydrogen-bond donors (Lipinski definition) is 1. The van der Waals surface area contributed by atoms with E-state index in [1.807, 2.05) is 0 Å². The predicted octanol–water partition coefficient (Wildman–Crippen LogP) is 1.97. The number of ether oxygens (including phenoxy) is 1. The van der Waals surface area contributed by atoms with E-state index in [2.05, 4.69) is 25.2 Å². The van der Waals surface area contributed by atoms with Crippen molar-refractivity contribution in [3.8, 4) is 0 Å². The first-order valence-corrected chi connectivity index (χ1v) is 6.22. The zero-order valence-corrected chi connectivity index (χ0v) is 9.75. The molecule has 3 unspecified atom stereocenters. The van der Waals surface area contributed by atoms with Crippen LogP contribution in [-0.4, -0.2) is 25.8 Å². The minimum Gasteiger partial charge on any atom is -0.371 e. The van der Waals surface area contributed by atoms with Crippen LogP contribution in [-0.2, 0) is 4.74 Å². The normalized spacial score (nSPS) is 43.1. The third-order valence-electron chi connectivity index (χ3n) is 4.81. The van der Waals surface area contributed by atoms with Gasteiger partial charge in [-0.1, -0.05) is 19.9 Å². The SMILES string of the molecule is CC1(C)C2CC=C(C3CNCCO3)C1C2. The van der Waals surface area contributed by atoms with Gasteiger partial charge in [0.1, 0.15) is 0 Å². The summed E-state index contributed by atoms with van der Waals surface area (Å²) < 4.78 is 5.88. The standard InChI is InChI=1S/C13H21NO/c1-13(2)9-3-4-10(11(13)7-9)12-8-14-5-6-15-12/h4,9,11-12,14H,3,5-8H2,1-2H3. The van der Waals surface area contributed by atoms with Gasteiger partial charge in [-0.3, -0.25) is 0 Å². The van der Waals surface area contributed by atoms with E-state index in [0.717, 1.165) is 31.5 Å². The van der Waals surface area contributed by atoms with Crippen molar-refractivity contribution in [3.63, 3.8) is 0 Å². The molecular weight excluding hydrogens is 186 g/mol. The van der Waals surface area contributed by atoms with Gasteiger partial charge in [0.25, 0.3) is 0 Å². The molecule has 1 N–H and O–H groups in total. The molecule has 3 aliphatic carbocycles. The highest BCUT2D eigenvalue weighted by atomic mass is 16.5. The largest absolute Gasteiger partial charge is 0.371 e. The van der Waals surface area contributed by atoms with Crippen LogP contribution in [0.25, 0.3) is 0 Å². The van der Waals surface area contributed by atoms with Gasteiger partial charge < -0.3 is 10.1 Å². The topological polar surface area (TPSA) is 21.3 Å². The van der Waals surface area contributed by atoms with E-state index in [0.29, 0.717) is 11.5 Å². The molecule has 0 aromatic rings. The van der Waals surface area contributed by atoms with Gasteiger partial charge in [-0.05, 0) is 35.7 Å². The van der Waals surface area contributed by atoms with Crippen LogP contribution in [0.1, 0.15) is 26.7 Å². The molecule has 0 radical (unpaired) electrons. The Morgan fingerprint density at radius 2 is 2.33 bits per heavy atom. The highest BCUT2D eigenvalue weighted by Crippen LogP contribution is 2.59. The maximum atomic E-state index is 5.88. The molecule has 1 saturated heterocycles. The van der Waals surface area contributed by atoms with Crippen LogP contribution < -0.4 is 5.32 Å². The third-order valence-corrected chi connectivity index (χ3v) is 4.81. The lowest BCUT2D eigenvalue weighted by atomic mass is 9.48. The van der Waals surface area contributed by atoms with Crippen LogP contribution in [0, 0.1) is 17.3 Å². The third kappa shape index (κ3) is 1.38. The fourth-order valence-corrected chi connectivity index (χ4v) is 3.54. The highest BCUT2D eigenvalue weighted by molar-refractivity contribution is 5.27. The van der Waals surface area contributed by atoms with Crippen molar-refractivity contribution in [2.24, 2.45) is 17.3 Å². The number of hydrogen-bond acceptors (Lipinski definition) is 2. The zero-order chi connectivity index (χ0) is 10.5. The van der Waals surface area contributed by atoms with Gasteiger partial charge in [0.2, 0.25) is 0 Å². The summed E-state index contributed by atoms with van der Waals surface area (Å²) in [5, 5.41) is 3.43. The number of morpholine rings is 1. The first-order chi connectivity index (χ1) is 7.19. The molecular formula is C13H21NO. The number of nitrogens with one attached hydrogen (secondary N) is 1. The molecule has 84 valence electrons. The maximum absolute atomic E-state index is 5.88. The summed E-state index contributed by atoms with van der Waals surface area (Å²) >= 11 is 0. The Balaban J connectivity index is 1.78. The van der Waals surface area contributed by atoms with Crippen LogP contribution in [0.15, 0.2) is 11.6 Å². The van der Waals surface area contributed by atoms with E-state index in [-0.39, 0.29) is 0 Å². The summed E-state index contributed by atoms with van der Waals surface area (Å²) in [6, 6.07) is 0. The van der Waals surface area contributed by atoms with Crippen molar-refractivity contribution in [1.82, 2.24) is 5.32 Å². The van der Waals surface area contributed by atoms with Crippen molar-refractivity contribution in [2.45, 2.75) is 32.8 Å². The Kier molecular flexibility index (Phi) is 2.18. The molecule has 3 atom stereocenters. The molecule has 1 saturated carbocycles. The fourth-order valence-electron chi connectivity index (χ4n) is 3.54. The molecule has 2 fully saturated rings. The lowest BCUT2D eigenvalue weighted by molar-refractivity contribution is -0.0383. The molecule has 1 heterocycles. The number of allylic oxidation sites excluding steroid dienone is 1. The Hall–Kier alpha value is -0.340. The molecule has 2 nitrogen and oxygen atoms in total. The van der Waals surface area contributed by atoms with E-state index >= 15 is 0 Å². The molecule has 1 aliphatic heterocycles. The summed E-state index contributed by atoms with van der Waals surface area (Å²) in [6.45, 7) is 7.76. The van der Waals surface area contributed by atoms with Crippen molar-refractivity contribution < 1.29 is 4.74 Å². The molecule has 0 spiro atoms. The number of fused-ring (bicyclic) bond motifs is 1. The average Bonchev–Trinajstić information content (AvgIpc) is 2.30. The van der Waals surface area contributed by atoms with E-state index in [1.54, 1.807) is 5.57 Å². The number of rotatable bonds is 1. The van der Waals surface area contributed by atoms with E-state index in [1.165, 1.54) is 12.8 Å². The minimum absolute atomic E-state index is 0.365. The van der Waals surface area contributed by atoms with Gasteiger partial charge in [-0.25, -0.2) is 0 Å². The van der Waals surface area contributed by atoms with E-state index < -0.39 is 0 Å². The maximum Gasteiger partial charge on any atom is 0.0912 e. The molecule has 2 heteroatoms. The van der Waals surface area contributed by atoms with Crippen LogP contribution in [0.4, 0.5) is 0 Å². The highest BCUT2D eigenvalue weighted by Gasteiger charge is 2.52. The van der Waals surface area contributed by atoms with Gasteiger partial charge in [0.15, 0.2) is 0 Å². The van der Waals surface area contributed by atoms with Crippen LogP contribution in [0.2, 0.25) is 0 Å². The van der Waals surface area contributed by atoms with Crippen molar-refractivity contribution in [2.75, 3.05) is 19.7 Å². The Morgan fingerprint density at radius 3 is 2.93 bits per heavy atom.